The molecule has 0 aromatic heterocycles. The Morgan fingerprint density at radius 2 is 2.17 bits per heavy atom. The van der Waals surface area contributed by atoms with Gasteiger partial charge in [0.2, 0.25) is 10.0 Å². The van der Waals surface area contributed by atoms with Gasteiger partial charge in [-0.2, -0.15) is 11.8 Å². The lowest BCUT2D eigenvalue weighted by atomic mass is 10.3. The van der Waals surface area contributed by atoms with Crippen molar-refractivity contribution in [2.24, 2.45) is 0 Å². The van der Waals surface area contributed by atoms with E-state index in [1.165, 1.54) is 18.2 Å². The molecule has 0 heterocycles. The maximum absolute atomic E-state index is 12.1. The van der Waals surface area contributed by atoms with Gasteiger partial charge in [-0.3, -0.25) is 0 Å². The second kappa shape index (κ2) is 6.65. The van der Waals surface area contributed by atoms with Gasteiger partial charge in [0.25, 0.3) is 0 Å². The van der Waals surface area contributed by atoms with Crippen LogP contribution >= 0.6 is 23.4 Å². The zero-order valence-electron chi connectivity index (χ0n) is 10.3. The number of hydrogen-bond donors (Lipinski definition) is 2. The van der Waals surface area contributed by atoms with Crippen molar-refractivity contribution in [2.75, 3.05) is 17.7 Å². The Morgan fingerprint density at radius 3 is 2.72 bits per heavy atom. The minimum Gasteiger partial charge on any atom is -0.398 e. The highest BCUT2D eigenvalue weighted by Crippen LogP contribution is 2.22. The maximum Gasteiger partial charge on any atom is 0.242 e. The van der Waals surface area contributed by atoms with E-state index >= 15 is 0 Å². The summed E-state index contributed by atoms with van der Waals surface area (Å²) in [7, 11) is -3.58. The minimum absolute atomic E-state index is 0.0721. The number of hydrogen-bond acceptors (Lipinski definition) is 4. The van der Waals surface area contributed by atoms with Gasteiger partial charge >= 0.3 is 0 Å². The number of nitrogen functional groups attached to an aromatic ring is 1. The molecule has 0 amide bonds. The topological polar surface area (TPSA) is 72.2 Å². The number of halogens is 1. The van der Waals surface area contributed by atoms with E-state index in [0.29, 0.717) is 5.02 Å². The van der Waals surface area contributed by atoms with Gasteiger partial charge in [0.15, 0.2) is 0 Å². The van der Waals surface area contributed by atoms with E-state index < -0.39 is 10.0 Å². The van der Waals surface area contributed by atoms with Crippen molar-refractivity contribution in [2.45, 2.75) is 24.3 Å². The average Bonchev–Trinajstić information content (AvgIpc) is 2.25. The van der Waals surface area contributed by atoms with E-state index in [0.717, 1.165) is 12.2 Å². The first-order valence-electron chi connectivity index (χ1n) is 5.43. The Labute approximate surface area is 117 Å². The number of thioether (sulfide) groups is 1. The van der Waals surface area contributed by atoms with E-state index in [9.17, 15) is 8.42 Å². The zero-order chi connectivity index (χ0) is 13.8. The SMILES string of the molecule is CSCCC(C)NS(=O)(=O)c1ccc(Cl)cc1N. The van der Waals surface area contributed by atoms with Crippen molar-refractivity contribution in [3.8, 4) is 0 Å². The largest absolute Gasteiger partial charge is 0.398 e. The standard InChI is InChI=1S/C11H17ClN2O2S2/c1-8(5-6-17-2)14-18(15,16)11-4-3-9(12)7-10(11)13/h3-4,7-8,14H,5-6,13H2,1-2H3. The number of anilines is 1. The van der Waals surface area contributed by atoms with Gasteiger partial charge in [0.05, 0.1) is 5.69 Å². The molecule has 0 fully saturated rings. The zero-order valence-corrected chi connectivity index (χ0v) is 12.7. The van der Waals surface area contributed by atoms with Gasteiger partial charge in [-0.1, -0.05) is 11.6 Å². The minimum atomic E-state index is -3.58. The van der Waals surface area contributed by atoms with E-state index in [4.69, 9.17) is 17.3 Å². The second-order valence-corrected chi connectivity index (χ2v) is 7.09. The first-order chi connectivity index (χ1) is 8.36. The van der Waals surface area contributed by atoms with E-state index in [2.05, 4.69) is 4.72 Å². The fourth-order valence-electron chi connectivity index (χ4n) is 1.45. The Kier molecular flexibility index (Phi) is 5.78. The van der Waals surface area contributed by atoms with E-state index in [-0.39, 0.29) is 16.6 Å². The third kappa shape index (κ3) is 4.35. The molecule has 1 unspecified atom stereocenters. The van der Waals surface area contributed by atoms with Gasteiger partial charge in [-0.25, -0.2) is 13.1 Å². The highest BCUT2D eigenvalue weighted by atomic mass is 35.5. The Balaban J connectivity index is 2.86. The van der Waals surface area contributed by atoms with Crippen LogP contribution in [0.2, 0.25) is 5.02 Å². The summed E-state index contributed by atoms with van der Waals surface area (Å²) in [5, 5.41) is 0.418. The highest BCUT2D eigenvalue weighted by molar-refractivity contribution is 7.98. The molecule has 0 bridgehead atoms. The molecule has 1 aromatic carbocycles. The molecule has 4 nitrogen and oxygen atoms in total. The lowest BCUT2D eigenvalue weighted by molar-refractivity contribution is 0.557. The number of nitrogens with one attached hydrogen (secondary N) is 1. The monoisotopic (exact) mass is 308 g/mol. The van der Waals surface area contributed by atoms with E-state index in [1.54, 1.807) is 11.8 Å². The molecule has 0 aliphatic rings. The molecule has 3 N–H and O–H groups in total. The van der Waals surface area contributed by atoms with Crippen molar-refractivity contribution in [1.82, 2.24) is 4.72 Å². The third-order valence-corrected chi connectivity index (χ3v) is 4.92. The molecule has 7 heteroatoms. The van der Waals surface area contributed by atoms with Crippen LogP contribution < -0.4 is 10.5 Å². The molecule has 1 atom stereocenters. The first-order valence-corrected chi connectivity index (χ1v) is 8.68. The summed E-state index contributed by atoms with van der Waals surface area (Å²) in [6, 6.07) is 4.24. The van der Waals surface area contributed by atoms with Crippen LogP contribution in [0.25, 0.3) is 0 Å². The highest BCUT2D eigenvalue weighted by Gasteiger charge is 2.19. The molecular weight excluding hydrogens is 292 g/mol. The number of nitrogens with two attached hydrogens (primary N) is 1. The van der Waals surface area contributed by atoms with Crippen LogP contribution in [0.4, 0.5) is 5.69 Å². The first kappa shape index (κ1) is 15.6. The number of sulfonamides is 1. The summed E-state index contributed by atoms with van der Waals surface area (Å²) < 4.78 is 26.8. The van der Waals surface area contributed by atoms with Crippen molar-refractivity contribution in [3.05, 3.63) is 23.2 Å². The Hall–Kier alpha value is -0.430. The van der Waals surface area contributed by atoms with Crippen LogP contribution in [-0.4, -0.2) is 26.5 Å². The molecule has 0 saturated carbocycles. The molecule has 1 aromatic rings. The van der Waals surface area contributed by atoms with Crippen molar-refractivity contribution < 1.29 is 8.42 Å². The smallest absolute Gasteiger partial charge is 0.242 e. The van der Waals surface area contributed by atoms with Crippen LogP contribution in [0, 0.1) is 0 Å². The fraction of sp³-hybridized carbons (Fsp3) is 0.455. The predicted molar refractivity (Wildman–Crippen MR) is 78.6 cm³/mol. The quantitative estimate of drug-likeness (QED) is 0.791. The van der Waals surface area contributed by atoms with Gasteiger partial charge in [-0.05, 0) is 43.6 Å². The van der Waals surface area contributed by atoms with Crippen LogP contribution in [0.1, 0.15) is 13.3 Å². The summed E-state index contributed by atoms with van der Waals surface area (Å²) >= 11 is 7.42. The predicted octanol–water partition coefficient (Wildman–Crippen LogP) is 2.34. The lowest BCUT2D eigenvalue weighted by Gasteiger charge is -2.14. The van der Waals surface area contributed by atoms with Crippen LogP contribution in [0.5, 0.6) is 0 Å². The fourth-order valence-corrected chi connectivity index (χ4v) is 3.61. The molecule has 0 aliphatic carbocycles. The van der Waals surface area contributed by atoms with Crippen molar-refractivity contribution >= 4 is 39.1 Å². The molecule has 0 spiro atoms. The molecule has 0 saturated heterocycles. The van der Waals surface area contributed by atoms with Crippen LogP contribution in [-0.2, 0) is 10.0 Å². The molecule has 1 rings (SSSR count). The summed E-state index contributed by atoms with van der Waals surface area (Å²) in [6.07, 6.45) is 2.76. The van der Waals surface area contributed by atoms with Crippen LogP contribution in [0.15, 0.2) is 23.1 Å². The van der Waals surface area contributed by atoms with Crippen molar-refractivity contribution in [3.63, 3.8) is 0 Å². The molecule has 0 aliphatic heterocycles. The second-order valence-electron chi connectivity index (χ2n) is 3.99. The summed E-state index contributed by atoms with van der Waals surface area (Å²) in [5.74, 6) is 0.903. The summed E-state index contributed by atoms with van der Waals surface area (Å²) in [5.41, 5.74) is 5.83. The number of rotatable bonds is 6. The van der Waals surface area contributed by atoms with Gasteiger partial charge in [-0.15, -0.1) is 0 Å². The summed E-state index contributed by atoms with van der Waals surface area (Å²) in [4.78, 5) is 0.0721. The summed E-state index contributed by atoms with van der Waals surface area (Å²) in [6.45, 7) is 1.83. The average molecular weight is 309 g/mol. The Bertz CT molecular complexity index is 506. The normalized spacial score (nSPS) is 13.5. The molecule has 102 valence electrons. The third-order valence-electron chi connectivity index (χ3n) is 2.37. The van der Waals surface area contributed by atoms with Gasteiger partial charge in [0, 0.05) is 11.1 Å². The van der Waals surface area contributed by atoms with Gasteiger partial charge < -0.3 is 5.73 Å². The lowest BCUT2D eigenvalue weighted by Crippen LogP contribution is -2.33. The van der Waals surface area contributed by atoms with Gasteiger partial charge in [0.1, 0.15) is 4.90 Å². The number of benzene rings is 1. The molecule has 0 radical (unpaired) electrons. The Morgan fingerprint density at radius 1 is 1.50 bits per heavy atom. The van der Waals surface area contributed by atoms with E-state index in [1.807, 2.05) is 13.2 Å². The molecular formula is C11H17ClN2O2S2. The van der Waals surface area contributed by atoms with Crippen LogP contribution in [0.3, 0.4) is 0 Å². The maximum atomic E-state index is 12.1. The van der Waals surface area contributed by atoms with Crippen molar-refractivity contribution in [1.29, 1.82) is 0 Å². The molecule has 18 heavy (non-hydrogen) atoms.